The van der Waals surface area contributed by atoms with Gasteiger partial charge >= 0.3 is 0 Å². The topological polar surface area (TPSA) is 34.1 Å². The molecule has 124 valence electrons. The van der Waals surface area contributed by atoms with Gasteiger partial charge in [0.15, 0.2) is 0 Å². The molecule has 0 saturated heterocycles. The normalized spacial score (nSPS) is 48.7. The minimum absolute atomic E-state index is 0.136. The van der Waals surface area contributed by atoms with Crippen molar-refractivity contribution < 1.29 is 9.59 Å². The maximum atomic E-state index is 12.9. The molecule has 3 aliphatic rings. The van der Waals surface area contributed by atoms with E-state index in [9.17, 15) is 9.59 Å². The molecule has 2 heteroatoms. The Labute approximate surface area is 135 Å². The van der Waals surface area contributed by atoms with Crippen LogP contribution in [0.15, 0.2) is 0 Å². The minimum atomic E-state index is -0.136. The Kier molecular flexibility index (Phi) is 4.02. The molecule has 3 aliphatic carbocycles. The van der Waals surface area contributed by atoms with Crippen LogP contribution in [0.25, 0.3) is 0 Å². The fourth-order valence-electron chi connectivity index (χ4n) is 6.42. The molecule has 0 radical (unpaired) electrons. The highest BCUT2D eigenvalue weighted by Crippen LogP contribution is 2.59. The summed E-state index contributed by atoms with van der Waals surface area (Å²) in [6.45, 7) is 9.02. The summed E-state index contributed by atoms with van der Waals surface area (Å²) in [5, 5.41) is 0. The first kappa shape index (κ1) is 16.2. The van der Waals surface area contributed by atoms with E-state index in [1.165, 1.54) is 6.42 Å². The van der Waals surface area contributed by atoms with E-state index in [0.717, 1.165) is 44.9 Å². The lowest BCUT2D eigenvalue weighted by Gasteiger charge is -2.50. The third-order valence-electron chi connectivity index (χ3n) is 7.33. The molecule has 3 unspecified atom stereocenters. The van der Waals surface area contributed by atoms with Crippen LogP contribution in [-0.2, 0) is 9.59 Å². The van der Waals surface area contributed by atoms with Gasteiger partial charge in [-0.25, -0.2) is 0 Å². The standard InChI is InChI=1S/C20H32O2/c1-5-7-20(4)16-6-8-19(3)11-14(10-15(21)12-19)18(16)13(2)9-17(20)22/h13-14,16,18H,5-12H2,1-4H3/t13-,14?,16?,18?,19-,20+/m0/s1. The van der Waals surface area contributed by atoms with E-state index in [1.54, 1.807) is 0 Å². The summed E-state index contributed by atoms with van der Waals surface area (Å²) in [5.41, 5.74) is 0.0655. The summed E-state index contributed by atoms with van der Waals surface area (Å²) in [6, 6.07) is 0. The van der Waals surface area contributed by atoms with Gasteiger partial charge in [0.1, 0.15) is 11.6 Å². The van der Waals surface area contributed by atoms with Crippen molar-refractivity contribution >= 4 is 11.6 Å². The van der Waals surface area contributed by atoms with Gasteiger partial charge < -0.3 is 0 Å². The van der Waals surface area contributed by atoms with Gasteiger partial charge in [0.2, 0.25) is 0 Å². The molecule has 6 atom stereocenters. The molecule has 0 aliphatic heterocycles. The molecule has 22 heavy (non-hydrogen) atoms. The predicted molar refractivity (Wildman–Crippen MR) is 88.5 cm³/mol. The van der Waals surface area contributed by atoms with E-state index >= 15 is 0 Å². The van der Waals surface area contributed by atoms with Crippen molar-refractivity contribution in [1.82, 2.24) is 0 Å². The number of ketones is 2. The van der Waals surface area contributed by atoms with Gasteiger partial charge in [-0.1, -0.05) is 34.1 Å². The van der Waals surface area contributed by atoms with Crippen LogP contribution in [0.2, 0.25) is 0 Å². The van der Waals surface area contributed by atoms with Gasteiger partial charge in [-0.05, 0) is 54.8 Å². The van der Waals surface area contributed by atoms with Crippen molar-refractivity contribution in [3.8, 4) is 0 Å². The van der Waals surface area contributed by atoms with E-state index in [0.29, 0.717) is 35.2 Å². The first-order chi connectivity index (χ1) is 10.3. The van der Waals surface area contributed by atoms with Gasteiger partial charge in [0.05, 0.1) is 0 Å². The largest absolute Gasteiger partial charge is 0.300 e. The van der Waals surface area contributed by atoms with Crippen molar-refractivity contribution in [2.45, 2.75) is 79.1 Å². The average Bonchev–Trinajstić information content (AvgIpc) is 2.51. The summed E-state index contributed by atoms with van der Waals surface area (Å²) >= 11 is 0. The van der Waals surface area contributed by atoms with Gasteiger partial charge in [-0.15, -0.1) is 0 Å². The van der Waals surface area contributed by atoms with Crippen molar-refractivity contribution in [3.63, 3.8) is 0 Å². The molecule has 0 aromatic heterocycles. The molecule has 3 rings (SSSR count). The Morgan fingerprint density at radius 2 is 1.91 bits per heavy atom. The van der Waals surface area contributed by atoms with Crippen LogP contribution in [0.4, 0.5) is 0 Å². The predicted octanol–water partition coefficient (Wildman–Crippen LogP) is 4.80. The van der Waals surface area contributed by atoms with Crippen LogP contribution in [0.1, 0.15) is 79.1 Å². The Hall–Kier alpha value is -0.660. The summed E-state index contributed by atoms with van der Waals surface area (Å²) in [6.07, 6.45) is 7.89. The van der Waals surface area contributed by atoms with Gasteiger partial charge in [-0.2, -0.15) is 0 Å². The summed E-state index contributed by atoms with van der Waals surface area (Å²) in [4.78, 5) is 25.2. The smallest absolute Gasteiger partial charge is 0.139 e. The third-order valence-corrected chi connectivity index (χ3v) is 7.33. The van der Waals surface area contributed by atoms with Crippen molar-refractivity contribution in [1.29, 1.82) is 0 Å². The number of hydrogen-bond acceptors (Lipinski definition) is 2. The molecule has 3 fully saturated rings. The van der Waals surface area contributed by atoms with Crippen molar-refractivity contribution in [2.24, 2.45) is 34.5 Å². The number of Topliss-reactive ketones (excluding diaryl/α,β-unsaturated/α-hetero) is 2. The lowest BCUT2D eigenvalue weighted by molar-refractivity contribution is -0.143. The quantitative estimate of drug-likeness (QED) is 0.734. The molecule has 2 nitrogen and oxygen atoms in total. The Morgan fingerprint density at radius 3 is 2.59 bits per heavy atom. The van der Waals surface area contributed by atoms with Crippen molar-refractivity contribution in [3.05, 3.63) is 0 Å². The summed E-state index contributed by atoms with van der Waals surface area (Å²) in [5.74, 6) is 3.04. The van der Waals surface area contributed by atoms with Crippen LogP contribution in [0.5, 0.6) is 0 Å². The Balaban J connectivity index is 2.00. The van der Waals surface area contributed by atoms with E-state index in [1.807, 2.05) is 0 Å². The number of fused-ring (bicyclic) bond motifs is 4. The van der Waals surface area contributed by atoms with Crippen LogP contribution >= 0.6 is 0 Å². The van der Waals surface area contributed by atoms with E-state index in [-0.39, 0.29) is 10.8 Å². The molecule has 0 spiro atoms. The first-order valence-electron chi connectivity index (χ1n) is 9.34. The molecule has 2 bridgehead atoms. The van der Waals surface area contributed by atoms with Crippen molar-refractivity contribution in [2.75, 3.05) is 0 Å². The first-order valence-corrected chi connectivity index (χ1v) is 9.34. The zero-order valence-corrected chi connectivity index (χ0v) is 14.8. The molecule has 0 aromatic carbocycles. The number of rotatable bonds is 2. The van der Waals surface area contributed by atoms with Crippen LogP contribution < -0.4 is 0 Å². The Bertz CT molecular complexity index is 482. The molecular weight excluding hydrogens is 272 g/mol. The van der Waals surface area contributed by atoms with Crippen LogP contribution in [-0.4, -0.2) is 11.6 Å². The zero-order chi connectivity index (χ0) is 16.1. The Morgan fingerprint density at radius 1 is 1.18 bits per heavy atom. The van der Waals surface area contributed by atoms with E-state index in [2.05, 4.69) is 27.7 Å². The van der Waals surface area contributed by atoms with Gasteiger partial charge in [-0.3, -0.25) is 9.59 Å². The molecule has 0 heterocycles. The zero-order valence-electron chi connectivity index (χ0n) is 14.8. The number of hydrogen-bond donors (Lipinski definition) is 0. The fraction of sp³-hybridized carbons (Fsp3) is 0.900. The summed E-state index contributed by atoms with van der Waals surface area (Å²) in [7, 11) is 0. The third kappa shape index (κ3) is 2.47. The second kappa shape index (κ2) is 5.46. The summed E-state index contributed by atoms with van der Waals surface area (Å²) < 4.78 is 0. The number of carbonyl (C=O) groups excluding carboxylic acids is 2. The highest BCUT2D eigenvalue weighted by molar-refractivity contribution is 5.86. The lowest BCUT2D eigenvalue weighted by Crippen LogP contribution is -2.49. The molecule has 0 amide bonds. The van der Waals surface area contributed by atoms with E-state index < -0.39 is 0 Å². The molecular formula is C20H32O2. The SMILES string of the molecule is CCC[C@@]1(C)C(=O)C[C@H](C)C2C3CC(=O)C[C@@](C)(CCC21)C3. The molecule has 0 N–H and O–H groups in total. The highest BCUT2D eigenvalue weighted by atomic mass is 16.1. The van der Waals surface area contributed by atoms with Crippen LogP contribution in [0.3, 0.4) is 0 Å². The van der Waals surface area contributed by atoms with Gasteiger partial charge in [0.25, 0.3) is 0 Å². The fourth-order valence-corrected chi connectivity index (χ4v) is 6.42. The minimum Gasteiger partial charge on any atom is -0.300 e. The molecule has 3 saturated carbocycles. The van der Waals surface area contributed by atoms with Gasteiger partial charge in [0, 0.05) is 24.7 Å². The van der Waals surface area contributed by atoms with Crippen LogP contribution in [0, 0.1) is 34.5 Å². The number of carbonyl (C=O) groups is 2. The average molecular weight is 304 g/mol. The lowest BCUT2D eigenvalue weighted by atomic mass is 9.53. The second-order valence-corrected chi connectivity index (χ2v) is 9.19. The monoisotopic (exact) mass is 304 g/mol. The maximum Gasteiger partial charge on any atom is 0.139 e. The second-order valence-electron chi connectivity index (χ2n) is 9.19. The maximum absolute atomic E-state index is 12.9. The molecule has 0 aromatic rings. The van der Waals surface area contributed by atoms with E-state index in [4.69, 9.17) is 0 Å². The highest BCUT2D eigenvalue weighted by Gasteiger charge is 2.55.